The second-order valence-corrected chi connectivity index (χ2v) is 5.82. The van der Waals surface area contributed by atoms with Gasteiger partial charge in [0.2, 0.25) is 11.8 Å². The quantitative estimate of drug-likeness (QED) is 0.785. The van der Waals surface area contributed by atoms with Crippen molar-refractivity contribution in [3.8, 4) is 0 Å². The van der Waals surface area contributed by atoms with Gasteiger partial charge in [0, 0.05) is 20.0 Å². The van der Waals surface area contributed by atoms with Crippen molar-refractivity contribution in [3.05, 3.63) is 0 Å². The highest BCUT2D eigenvalue weighted by Crippen LogP contribution is 2.47. The average molecular weight is 238 g/mol. The van der Waals surface area contributed by atoms with Gasteiger partial charge in [-0.05, 0) is 30.6 Å². The van der Waals surface area contributed by atoms with Crippen LogP contribution in [0.2, 0.25) is 0 Å². The van der Waals surface area contributed by atoms with Crippen LogP contribution in [0.4, 0.5) is 0 Å². The number of hydrogen-bond acceptors (Lipinski definition) is 2. The number of carbonyl (C=O) groups is 2. The molecular formula is C13H22N2O2. The average Bonchev–Trinajstić information content (AvgIpc) is 2.83. The van der Waals surface area contributed by atoms with E-state index in [0.29, 0.717) is 5.41 Å². The molecule has 2 fully saturated rings. The highest BCUT2D eigenvalue weighted by Gasteiger charge is 2.43. The van der Waals surface area contributed by atoms with Crippen LogP contribution in [0.25, 0.3) is 0 Å². The molecule has 2 atom stereocenters. The van der Waals surface area contributed by atoms with Crippen LogP contribution in [0, 0.1) is 11.3 Å². The van der Waals surface area contributed by atoms with E-state index in [1.54, 1.807) is 0 Å². The Hall–Kier alpha value is -1.06. The maximum atomic E-state index is 11.9. The zero-order chi connectivity index (χ0) is 12.5. The highest BCUT2D eigenvalue weighted by atomic mass is 16.2. The van der Waals surface area contributed by atoms with Crippen LogP contribution in [0.15, 0.2) is 0 Å². The molecule has 1 aliphatic carbocycles. The normalized spacial score (nSPS) is 32.1. The van der Waals surface area contributed by atoms with Crippen LogP contribution in [-0.4, -0.2) is 36.3 Å². The van der Waals surface area contributed by atoms with Crippen LogP contribution < -0.4 is 5.32 Å². The summed E-state index contributed by atoms with van der Waals surface area (Å²) in [7, 11) is 0. The summed E-state index contributed by atoms with van der Waals surface area (Å²) in [6.07, 6.45) is 4.96. The van der Waals surface area contributed by atoms with E-state index < -0.39 is 0 Å². The van der Waals surface area contributed by atoms with E-state index in [1.807, 2.05) is 4.90 Å². The Morgan fingerprint density at radius 3 is 2.76 bits per heavy atom. The van der Waals surface area contributed by atoms with Gasteiger partial charge >= 0.3 is 0 Å². The van der Waals surface area contributed by atoms with Crippen molar-refractivity contribution in [1.82, 2.24) is 10.2 Å². The number of likely N-dealkylation sites (tertiary alicyclic amines) is 1. The Morgan fingerprint density at radius 1 is 1.41 bits per heavy atom. The summed E-state index contributed by atoms with van der Waals surface area (Å²) in [5.41, 5.74) is 0.394. The predicted octanol–water partition coefficient (Wildman–Crippen LogP) is 1.16. The van der Waals surface area contributed by atoms with E-state index in [-0.39, 0.29) is 18.4 Å². The number of carbonyl (C=O) groups excluding carboxylic acids is 2. The Balaban J connectivity index is 1.85. The lowest BCUT2D eigenvalue weighted by atomic mass is 9.85. The third-order valence-electron chi connectivity index (χ3n) is 4.23. The van der Waals surface area contributed by atoms with Gasteiger partial charge < -0.3 is 10.2 Å². The minimum atomic E-state index is -0.137. The molecular weight excluding hydrogens is 216 g/mol. The van der Waals surface area contributed by atoms with Crippen molar-refractivity contribution in [1.29, 1.82) is 0 Å². The zero-order valence-electron chi connectivity index (χ0n) is 10.8. The third-order valence-corrected chi connectivity index (χ3v) is 4.23. The lowest BCUT2D eigenvalue weighted by Gasteiger charge is -2.24. The van der Waals surface area contributed by atoms with Gasteiger partial charge in [0.05, 0.1) is 6.54 Å². The lowest BCUT2D eigenvalue weighted by molar-refractivity contribution is -0.131. The molecule has 0 unspecified atom stereocenters. The Labute approximate surface area is 103 Å². The van der Waals surface area contributed by atoms with Gasteiger partial charge in [-0.25, -0.2) is 0 Å². The topological polar surface area (TPSA) is 49.4 Å². The van der Waals surface area contributed by atoms with Gasteiger partial charge in [0.25, 0.3) is 0 Å². The van der Waals surface area contributed by atoms with Crippen LogP contribution in [0.1, 0.15) is 39.5 Å². The summed E-state index contributed by atoms with van der Waals surface area (Å²) in [4.78, 5) is 24.6. The largest absolute Gasteiger partial charge is 0.347 e. The summed E-state index contributed by atoms with van der Waals surface area (Å²) in [6, 6.07) is 0. The molecule has 1 saturated heterocycles. The van der Waals surface area contributed by atoms with Crippen LogP contribution in [-0.2, 0) is 9.59 Å². The molecule has 0 bridgehead atoms. The van der Waals surface area contributed by atoms with E-state index in [1.165, 1.54) is 26.2 Å². The van der Waals surface area contributed by atoms with Crippen LogP contribution >= 0.6 is 0 Å². The summed E-state index contributed by atoms with van der Waals surface area (Å²) in [6.45, 7) is 5.66. The van der Waals surface area contributed by atoms with E-state index in [2.05, 4.69) is 12.2 Å². The fourth-order valence-electron chi connectivity index (χ4n) is 3.33. The first kappa shape index (κ1) is 12.4. The Kier molecular flexibility index (Phi) is 3.40. The molecule has 4 heteroatoms. The molecule has 2 amide bonds. The van der Waals surface area contributed by atoms with Crippen molar-refractivity contribution in [2.24, 2.45) is 11.3 Å². The lowest BCUT2D eigenvalue weighted by Crippen LogP contribution is -2.39. The molecule has 0 aromatic heterocycles. The van der Waals surface area contributed by atoms with Crippen molar-refractivity contribution >= 4 is 11.8 Å². The number of amides is 2. The maximum Gasteiger partial charge on any atom is 0.241 e. The smallest absolute Gasteiger partial charge is 0.241 e. The number of rotatable bonds is 2. The van der Waals surface area contributed by atoms with Crippen LogP contribution in [0.3, 0.4) is 0 Å². The molecule has 1 N–H and O–H groups in total. The predicted molar refractivity (Wildman–Crippen MR) is 65.3 cm³/mol. The minimum Gasteiger partial charge on any atom is -0.347 e. The van der Waals surface area contributed by atoms with Crippen molar-refractivity contribution in [3.63, 3.8) is 0 Å². The number of nitrogens with zero attached hydrogens (tertiary/aromatic N) is 1. The molecule has 1 aliphatic heterocycles. The minimum absolute atomic E-state index is 0.0663. The first-order chi connectivity index (χ1) is 8.01. The third kappa shape index (κ3) is 2.79. The number of hydrogen-bond donors (Lipinski definition) is 1. The molecule has 2 aliphatic rings. The maximum absolute atomic E-state index is 11.9. The monoisotopic (exact) mass is 238 g/mol. The fourth-order valence-corrected chi connectivity index (χ4v) is 3.33. The number of nitrogens with one attached hydrogen (secondary N) is 1. The summed E-state index contributed by atoms with van der Waals surface area (Å²) >= 11 is 0. The van der Waals surface area contributed by atoms with Crippen molar-refractivity contribution in [2.45, 2.75) is 39.5 Å². The SMILES string of the molecule is CC(=O)NCC(=O)N1CC[C@@]2(CC[C@H](C)C2)C1. The Morgan fingerprint density at radius 2 is 2.18 bits per heavy atom. The molecule has 96 valence electrons. The zero-order valence-corrected chi connectivity index (χ0v) is 10.8. The summed E-state index contributed by atoms with van der Waals surface area (Å²) < 4.78 is 0. The van der Waals surface area contributed by atoms with Gasteiger partial charge in [-0.1, -0.05) is 13.3 Å². The van der Waals surface area contributed by atoms with Gasteiger partial charge in [-0.2, -0.15) is 0 Å². The van der Waals surface area contributed by atoms with Crippen LogP contribution in [0.5, 0.6) is 0 Å². The molecule has 1 heterocycles. The van der Waals surface area contributed by atoms with Gasteiger partial charge in [0.1, 0.15) is 0 Å². The van der Waals surface area contributed by atoms with Crippen molar-refractivity contribution < 1.29 is 9.59 Å². The second kappa shape index (κ2) is 4.67. The first-order valence-corrected chi connectivity index (χ1v) is 6.53. The Bertz CT molecular complexity index is 329. The van der Waals surface area contributed by atoms with E-state index in [4.69, 9.17) is 0 Å². The van der Waals surface area contributed by atoms with Crippen molar-refractivity contribution in [2.75, 3.05) is 19.6 Å². The molecule has 17 heavy (non-hydrogen) atoms. The summed E-state index contributed by atoms with van der Waals surface area (Å²) in [5.74, 6) is 0.735. The standard InChI is InChI=1S/C13H22N2O2/c1-10-3-4-13(7-10)5-6-15(9-13)12(17)8-14-11(2)16/h10H,3-9H2,1-2H3,(H,14,16)/t10-,13+/m0/s1. The second-order valence-electron chi connectivity index (χ2n) is 5.82. The first-order valence-electron chi connectivity index (χ1n) is 6.53. The molecule has 0 aromatic carbocycles. The highest BCUT2D eigenvalue weighted by molar-refractivity contribution is 5.83. The van der Waals surface area contributed by atoms with Gasteiger partial charge in [-0.3, -0.25) is 9.59 Å². The summed E-state index contributed by atoms with van der Waals surface area (Å²) in [5, 5.41) is 2.58. The molecule has 0 radical (unpaired) electrons. The molecule has 1 spiro atoms. The molecule has 2 rings (SSSR count). The van der Waals surface area contributed by atoms with Gasteiger partial charge in [0.15, 0.2) is 0 Å². The fraction of sp³-hybridized carbons (Fsp3) is 0.846. The van der Waals surface area contributed by atoms with E-state index in [0.717, 1.165) is 25.4 Å². The molecule has 4 nitrogen and oxygen atoms in total. The molecule has 0 aromatic rings. The van der Waals surface area contributed by atoms with E-state index >= 15 is 0 Å². The van der Waals surface area contributed by atoms with Gasteiger partial charge in [-0.15, -0.1) is 0 Å². The molecule has 1 saturated carbocycles. The van der Waals surface area contributed by atoms with E-state index in [9.17, 15) is 9.59 Å².